The lowest BCUT2D eigenvalue weighted by Crippen LogP contribution is -2.51. The molecule has 0 aliphatic carbocycles. The third-order valence-corrected chi connectivity index (χ3v) is 5.85. The van der Waals surface area contributed by atoms with Crippen LogP contribution in [0.15, 0.2) is 54.6 Å². The number of hydrogen-bond acceptors (Lipinski definition) is 4. The first kappa shape index (κ1) is 19.6. The molecule has 2 aliphatic rings. The SMILES string of the molecule is O=C1CC(c2ccccc2)NCCC2(O)CN(CCCN1)C(=O)c1ccccc12. The Morgan fingerprint density at radius 1 is 1.00 bits per heavy atom. The minimum atomic E-state index is -1.11. The first-order chi connectivity index (χ1) is 14.1. The fourth-order valence-electron chi connectivity index (χ4n) is 4.31. The van der Waals surface area contributed by atoms with Crippen LogP contribution >= 0.6 is 0 Å². The van der Waals surface area contributed by atoms with E-state index in [1.165, 1.54) is 0 Å². The molecule has 0 spiro atoms. The molecule has 6 nitrogen and oxygen atoms in total. The fourth-order valence-corrected chi connectivity index (χ4v) is 4.31. The minimum absolute atomic E-state index is 0.0168. The van der Waals surface area contributed by atoms with E-state index in [0.717, 1.165) is 5.56 Å². The molecule has 2 aromatic rings. The highest BCUT2D eigenvalue weighted by Gasteiger charge is 2.41. The Bertz CT molecular complexity index is 886. The van der Waals surface area contributed by atoms with Crippen molar-refractivity contribution in [3.63, 3.8) is 0 Å². The standard InChI is InChI=1S/C23H27N3O3/c27-21-15-20(17-7-2-1-3-8-17)24-13-11-23(29)16-26(14-6-12-25-21)22(28)18-9-4-5-10-19(18)23/h1-5,7-10,20,24,29H,6,11-16H2,(H,25,27). The maximum Gasteiger partial charge on any atom is 0.254 e. The molecule has 1 saturated heterocycles. The molecule has 3 N–H and O–H groups in total. The highest BCUT2D eigenvalue weighted by Crippen LogP contribution is 2.34. The number of nitrogens with zero attached hydrogens (tertiary/aromatic N) is 1. The predicted molar refractivity (Wildman–Crippen MR) is 110 cm³/mol. The summed E-state index contributed by atoms with van der Waals surface area (Å²) in [6, 6.07) is 17.1. The Morgan fingerprint density at radius 2 is 1.76 bits per heavy atom. The zero-order chi connectivity index (χ0) is 20.3. The highest BCUT2D eigenvalue weighted by molar-refractivity contribution is 5.97. The molecule has 6 heteroatoms. The Balaban J connectivity index is 1.62. The average molecular weight is 393 g/mol. The number of aliphatic hydroxyl groups is 1. The van der Waals surface area contributed by atoms with Crippen molar-refractivity contribution in [3.8, 4) is 0 Å². The molecular formula is C23H27N3O3. The van der Waals surface area contributed by atoms with Gasteiger partial charge < -0.3 is 20.6 Å². The van der Waals surface area contributed by atoms with Gasteiger partial charge in [-0.05, 0) is 36.6 Å². The van der Waals surface area contributed by atoms with Crippen LogP contribution in [0.1, 0.15) is 46.8 Å². The summed E-state index contributed by atoms with van der Waals surface area (Å²) in [5.41, 5.74) is 1.21. The molecule has 0 saturated carbocycles. The number of nitrogens with one attached hydrogen (secondary N) is 2. The van der Waals surface area contributed by atoms with Gasteiger partial charge in [-0.25, -0.2) is 0 Å². The summed E-state index contributed by atoms with van der Waals surface area (Å²) in [6.45, 7) is 1.81. The van der Waals surface area contributed by atoms with Crippen LogP contribution in [0.2, 0.25) is 0 Å². The number of hydrogen-bond donors (Lipinski definition) is 3. The maximum atomic E-state index is 12.9. The van der Waals surface area contributed by atoms with Crippen molar-refractivity contribution in [2.75, 3.05) is 26.2 Å². The normalized spacial score (nSPS) is 25.8. The van der Waals surface area contributed by atoms with E-state index in [1.54, 1.807) is 11.0 Å². The third kappa shape index (κ3) is 4.18. The molecule has 29 heavy (non-hydrogen) atoms. The van der Waals surface area contributed by atoms with E-state index in [4.69, 9.17) is 0 Å². The molecule has 0 radical (unpaired) electrons. The quantitative estimate of drug-likeness (QED) is 0.692. The van der Waals surface area contributed by atoms with Gasteiger partial charge in [-0.15, -0.1) is 0 Å². The summed E-state index contributed by atoms with van der Waals surface area (Å²) in [5, 5.41) is 17.9. The first-order valence-corrected chi connectivity index (χ1v) is 10.2. The zero-order valence-corrected chi connectivity index (χ0v) is 16.4. The van der Waals surface area contributed by atoms with Crippen LogP contribution in [0.5, 0.6) is 0 Å². The number of rotatable bonds is 1. The zero-order valence-electron chi connectivity index (χ0n) is 16.4. The van der Waals surface area contributed by atoms with Gasteiger partial charge in [-0.2, -0.15) is 0 Å². The number of amides is 2. The van der Waals surface area contributed by atoms with E-state index in [-0.39, 0.29) is 24.4 Å². The Morgan fingerprint density at radius 3 is 2.59 bits per heavy atom. The lowest BCUT2D eigenvalue weighted by atomic mass is 9.82. The molecule has 2 heterocycles. The topological polar surface area (TPSA) is 81.7 Å². The average Bonchev–Trinajstić information content (AvgIpc) is 2.75. The second kappa shape index (κ2) is 8.35. The summed E-state index contributed by atoms with van der Waals surface area (Å²) in [6.07, 6.45) is 1.44. The van der Waals surface area contributed by atoms with Gasteiger partial charge in [0.1, 0.15) is 5.60 Å². The van der Waals surface area contributed by atoms with Gasteiger partial charge in [0.2, 0.25) is 5.91 Å². The Kier molecular flexibility index (Phi) is 5.65. The van der Waals surface area contributed by atoms with Crippen molar-refractivity contribution in [3.05, 3.63) is 71.3 Å². The van der Waals surface area contributed by atoms with Gasteiger partial charge in [0.15, 0.2) is 0 Å². The first-order valence-electron chi connectivity index (χ1n) is 10.2. The second-order valence-electron chi connectivity index (χ2n) is 7.88. The molecule has 1 fully saturated rings. The molecule has 2 amide bonds. The van der Waals surface area contributed by atoms with Crippen molar-refractivity contribution < 1.29 is 14.7 Å². The minimum Gasteiger partial charge on any atom is -0.383 e. The van der Waals surface area contributed by atoms with Crippen LogP contribution in [-0.4, -0.2) is 48.0 Å². The van der Waals surface area contributed by atoms with E-state index < -0.39 is 5.60 Å². The molecule has 152 valence electrons. The molecule has 2 atom stereocenters. The van der Waals surface area contributed by atoms with Gasteiger partial charge in [0, 0.05) is 31.1 Å². The second-order valence-corrected chi connectivity index (χ2v) is 7.88. The number of fused-ring (bicyclic) bond motifs is 4. The Hall–Kier alpha value is -2.70. The van der Waals surface area contributed by atoms with Crippen molar-refractivity contribution in [1.29, 1.82) is 0 Å². The highest BCUT2D eigenvalue weighted by atomic mass is 16.3. The lowest BCUT2D eigenvalue weighted by Gasteiger charge is -2.40. The fraction of sp³-hybridized carbons (Fsp3) is 0.391. The molecule has 4 rings (SSSR count). The van der Waals surface area contributed by atoms with Crippen LogP contribution in [0, 0.1) is 0 Å². The van der Waals surface area contributed by atoms with Crippen LogP contribution in [0.25, 0.3) is 0 Å². The molecule has 0 aromatic heterocycles. The van der Waals surface area contributed by atoms with Crippen molar-refractivity contribution in [2.24, 2.45) is 0 Å². The molecule has 2 aliphatic heterocycles. The largest absolute Gasteiger partial charge is 0.383 e. The van der Waals surface area contributed by atoms with Crippen LogP contribution in [-0.2, 0) is 10.4 Å². The third-order valence-electron chi connectivity index (χ3n) is 5.85. The summed E-state index contributed by atoms with van der Waals surface area (Å²) < 4.78 is 0. The number of benzene rings is 2. The lowest BCUT2D eigenvalue weighted by molar-refractivity contribution is -0.121. The van der Waals surface area contributed by atoms with E-state index >= 15 is 0 Å². The molecule has 2 aromatic carbocycles. The van der Waals surface area contributed by atoms with Gasteiger partial charge in [0.05, 0.1) is 6.54 Å². The summed E-state index contributed by atoms with van der Waals surface area (Å²) in [7, 11) is 0. The Labute approximate surface area is 170 Å². The molecular weight excluding hydrogens is 366 g/mol. The summed E-state index contributed by atoms with van der Waals surface area (Å²) in [4.78, 5) is 27.0. The van der Waals surface area contributed by atoms with Crippen molar-refractivity contribution >= 4 is 11.8 Å². The van der Waals surface area contributed by atoms with Gasteiger partial charge in [-0.3, -0.25) is 9.59 Å². The van der Waals surface area contributed by atoms with E-state index in [0.29, 0.717) is 50.0 Å². The van der Waals surface area contributed by atoms with Crippen LogP contribution in [0.4, 0.5) is 0 Å². The molecule has 2 unspecified atom stereocenters. The van der Waals surface area contributed by atoms with E-state index in [2.05, 4.69) is 10.6 Å². The van der Waals surface area contributed by atoms with E-state index in [1.807, 2.05) is 48.5 Å². The monoisotopic (exact) mass is 393 g/mol. The smallest absolute Gasteiger partial charge is 0.254 e. The van der Waals surface area contributed by atoms with Crippen molar-refractivity contribution in [1.82, 2.24) is 15.5 Å². The van der Waals surface area contributed by atoms with Gasteiger partial charge >= 0.3 is 0 Å². The summed E-state index contributed by atoms with van der Waals surface area (Å²) in [5.74, 6) is -0.0708. The van der Waals surface area contributed by atoms with Gasteiger partial charge in [0.25, 0.3) is 5.91 Å². The number of carbonyl (C=O) groups is 2. The van der Waals surface area contributed by atoms with Crippen LogP contribution in [0.3, 0.4) is 0 Å². The van der Waals surface area contributed by atoms with Gasteiger partial charge in [-0.1, -0.05) is 48.5 Å². The number of carbonyl (C=O) groups excluding carboxylic acids is 2. The molecule has 2 bridgehead atoms. The predicted octanol–water partition coefficient (Wildman–Crippen LogP) is 1.96. The van der Waals surface area contributed by atoms with E-state index in [9.17, 15) is 14.7 Å². The van der Waals surface area contributed by atoms with Crippen molar-refractivity contribution in [2.45, 2.75) is 30.9 Å². The maximum absolute atomic E-state index is 12.9. The summed E-state index contributed by atoms with van der Waals surface area (Å²) >= 11 is 0. The van der Waals surface area contributed by atoms with Crippen LogP contribution < -0.4 is 10.6 Å².